The molecule has 0 spiro atoms. The van der Waals surface area contributed by atoms with Crippen LogP contribution in [-0.4, -0.2) is 48.9 Å². The van der Waals surface area contributed by atoms with Crippen LogP contribution in [0.2, 0.25) is 0 Å². The van der Waals surface area contributed by atoms with Gasteiger partial charge in [0, 0.05) is 4.88 Å². The van der Waals surface area contributed by atoms with Crippen LogP contribution in [0.1, 0.15) is 53.4 Å². The molecular weight excluding hydrogens is 366 g/mol. The lowest BCUT2D eigenvalue weighted by Crippen LogP contribution is -2.41. The number of aryl methyl sites for hydroxylation is 1. The fourth-order valence-corrected chi connectivity index (χ4v) is 5.18. The molecule has 3 rings (SSSR count). The van der Waals surface area contributed by atoms with Gasteiger partial charge in [-0.3, -0.25) is 19.3 Å². The Morgan fingerprint density at radius 1 is 1.22 bits per heavy atom. The van der Waals surface area contributed by atoms with E-state index in [0.29, 0.717) is 43.1 Å². The zero-order valence-corrected chi connectivity index (χ0v) is 16.5. The van der Waals surface area contributed by atoms with Crippen molar-refractivity contribution in [2.45, 2.75) is 45.4 Å². The minimum atomic E-state index is -0.472. The number of amides is 2. The number of carbonyl (C=O) groups is 3. The Morgan fingerprint density at radius 3 is 2.59 bits per heavy atom. The van der Waals surface area contributed by atoms with Gasteiger partial charge in [0.05, 0.1) is 24.6 Å². The van der Waals surface area contributed by atoms with Gasteiger partial charge >= 0.3 is 5.97 Å². The van der Waals surface area contributed by atoms with Crippen LogP contribution in [0.15, 0.2) is 0 Å². The number of fused-ring (bicyclic) bond motifs is 1. The second-order valence-corrected chi connectivity index (χ2v) is 8.24. The summed E-state index contributed by atoms with van der Waals surface area (Å²) in [4.78, 5) is 39.4. The van der Waals surface area contributed by atoms with E-state index in [2.05, 4.69) is 5.32 Å². The molecule has 1 aliphatic heterocycles. The van der Waals surface area contributed by atoms with Gasteiger partial charge in [-0.05, 0) is 64.1 Å². The zero-order valence-electron chi connectivity index (χ0n) is 15.7. The number of rotatable bonds is 6. The number of likely N-dealkylation sites (tertiary alicyclic amines) is 1. The van der Waals surface area contributed by atoms with Crippen LogP contribution in [0.5, 0.6) is 0 Å². The van der Waals surface area contributed by atoms with E-state index >= 15 is 0 Å². The number of ether oxygens (including phenoxy) is 1. The molecule has 2 amide bonds. The Morgan fingerprint density at radius 2 is 1.93 bits per heavy atom. The number of carbonyl (C=O) groups excluding carboxylic acids is 3. The Kier molecular flexibility index (Phi) is 6.49. The van der Waals surface area contributed by atoms with E-state index in [1.54, 1.807) is 6.92 Å². The zero-order chi connectivity index (χ0) is 19.4. The number of nitrogens with zero attached hydrogens (tertiary/aromatic N) is 1. The van der Waals surface area contributed by atoms with Crippen LogP contribution in [0.4, 0.5) is 5.00 Å². The van der Waals surface area contributed by atoms with Crippen molar-refractivity contribution < 1.29 is 19.1 Å². The lowest BCUT2D eigenvalue weighted by molar-refractivity contribution is -0.149. The summed E-state index contributed by atoms with van der Waals surface area (Å²) in [7, 11) is 0. The average Bonchev–Trinajstić information content (AvgIpc) is 3.00. The van der Waals surface area contributed by atoms with E-state index in [9.17, 15) is 14.4 Å². The normalized spacial score (nSPS) is 18.0. The highest BCUT2D eigenvalue weighted by atomic mass is 32.1. The van der Waals surface area contributed by atoms with Crippen molar-refractivity contribution in [3.05, 3.63) is 16.0 Å². The molecule has 1 aromatic heterocycles. The maximum Gasteiger partial charge on any atom is 0.309 e. The molecule has 0 unspecified atom stereocenters. The van der Waals surface area contributed by atoms with Crippen molar-refractivity contribution in [3.8, 4) is 0 Å². The highest BCUT2D eigenvalue weighted by molar-refractivity contribution is 7.17. The number of thiophene rings is 1. The molecule has 2 aliphatic rings. The van der Waals surface area contributed by atoms with Gasteiger partial charge in [-0.25, -0.2) is 0 Å². The van der Waals surface area contributed by atoms with Crippen molar-refractivity contribution in [3.63, 3.8) is 0 Å². The van der Waals surface area contributed by atoms with Crippen molar-refractivity contribution in [1.29, 1.82) is 0 Å². The molecule has 2 heterocycles. The van der Waals surface area contributed by atoms with Crippen LogP contribution in [0.3, 0.4) is 0 Å². The van der Waals surface area contributed by atoms with Crippen molar-refractivity contribution in [2.24, 2.45) is 11.7 Å². The molecule has 1 fully saturated rings. The molecule has 0 atom stereocenters. The summed E-state index contributed by atoms with van der Waals surface area (Å²) in [5.74, 6) is -0.836. The minimum Gasteiger partial charge on any atom is -0.466 e. The number of anilines is 1. The summed E-state index contributed by atoms with van der Waals surface area (Å²) in [6.45, 7) is 3.81. The Bertz CT molecular complexity index is 723. The highest BCUT2D eigenvalue weighted by Gasteiger charge is 2.28. The quantitative estimate of drug-likeness (QED) is 0.719. The molecule has 0 radical (unpaired) electrons. The van der Waals surface area contributed by atoms with Gasteiger partial charge in [0.25, 0.3) is 5.91 Å². The largest absolute Gasteiger partial charge is 0.466 e. The predicted octanol–water partition coefficient (Wildman–Crippen LogP) is 1.94. The van der Waals surface area contributed by atoms with E-state index in [-0.39, 0.29) is 24.3 Å². The molecule has 27 heavy (non-hydrogen) atoms. The first-order valence-corrected chi connectivity index (χ1v) is 10.4. The molecule has 148 valence electrons. The fourth-order valence-electron chi connectivity index (χ4n) is 3.87. The molecule has 0 bridgehead atoms. The summed E-state index contributed by atoms with van der Waals surface area (Å²) >= 11 is 1.48. The highest BCUT2D eigenvalue weighted by Crippen LogP contribution is 2.37. The number of hydrogen-bond donors (Lipinski definition) is 2. The molecule has 1 saturated heterocycles. The van der Waals surface area contributed by atoms with Gasteiger partial charge in [0.2, 0.25) is 5.91 Å². The minimum absolute atomic E-state index is 0.0743. The number of piperidine rings is 1. The van der Waals surface area contributed by atoms with Crippen LogP contribution in [0.25, 0.3) is 0 Å². The van der Waals surface area contributed by atoms with E-state index in [4.69, 9.17) is 10.5 Å². The first-order valence-electron chi connectivity index (χ1n) is 9.62. The number of nitrogens with two attached hydrogens (primary N) is 1. The van der Waals surface area contributed by atoms with E-state index in [1.165, 1.54) is 16.2 Å². The molecular formula is C19H27N3O4S. The molecule has 0 aromatic carbocycles. The summed E-state index contributed by atoms with van der Waals surface area (Å²) in [5, 5.41) is 3.48. The number of esters is 1. The summed E-state index contributed by atoms with van der Waals surface area (Å²) in [6.07, 6.45) is 5.35. The Labute approximate surface area is 163 Å². The standard InChI is InChI=1S/C19H27N3O4S/c1-2-26-19(25)12-7-9-22(10-8-12)11-15(23)21-18-16(17(20)24)13-5-3-4-6-14(13)27-18/h12H,2-11H2,1H3,(H2,20,24)(H,21,23). The second kappa shape index (κ2) is 8.84. The molecule has 1 aliphatic carbocycles. The first-order chi connectivity index (χ1) is 13.0. The van der Waals surface area contributed by atoms with Gasteiger partial charge < -0.3 is 15.8 Å². The molecule has 8 heteroatoms. The van der Waals surface area contributed by atoms with Crippen LogP contribution >= 0.6 is 11.3 Å². The van der Waals surface area contributed by atoms with Crippen LogP contribution in [-0.2, 0) is 27.2 Å². The van der Waals surface area contributed by atoms with Gasteiger partial charge in [0.15, 0.2) is 0 Å². The molecule has 0 saturated carbocycles. The number of primary amides is 1. The number of hydrogen-bond acceptors (Lipinski definition) is 6. The molecule has 1 aromatic rings. The van der Waals surface area contributed by atoms with E-state index in [0.717, 1.165) is 31.2 Å². The van der Waals surface area contributed by atoms with Gasteiger partial charge in [-0.15, -0.1) is 11.3 Å². The van der Waals surface area contributed by atoms with Crippen LogP contribution in [0, 0.1) is 5.92 Å². The van der Waals surface area contributed by atoms with Gasteiger partial charge in [-0.2, -0.15) is 0 Å². The lowest BCUT2D eigenvalue weighted by Gasteiger charge is -2.30. The Balaban J connectivity index is 1.57. The average molecular weight is 394 g/mol. The third kappa shape index (κ3) is 4.68. The van der Waals surface area contributed by atoms with Crippen LogP contribution < -0.4 is 11.1 Å². The third-order valence-corrected chi connectivity index (χ3v) is 6.45. The SMILES string of the molecule is CCOC(=O)C1CCN(CC(=O)Nc2sc3c(c2C(N)=O)CCCC3)CC1. The Hall–Kier alpha value is -1.93. The first kappa shape index (κ1) is 19.8. The lowest BCUT2D eigenvalue weighted by atomic mass is 9.95. The maximum absolute atomic E-state index is 12.5. The van der Waals surface area contributed by atoms with E-state index in [1.807, 2.05) is 4.90 Å². The van der Waals surface area contributed by atoms with Crippen molar-refractivity contribution >= 4 is 34.1 Å². The summed E-state index contributed by atoms with van der Waals surface area (Å²) in [5.41, 5.74) is 7.08. The summed E-state index contributed by atoms with van der Waals surface area (Å²) in [6, 6.07) is 0. The number of nitrogens with one attached hydrogen (secondary N) is 1. The van der Waals surface area contributed by atoms with Gasteiger partial charge in [0.1, 0.15) is 5.00 Å². The van der Waals surface area contributed by atoms with E-state index < -0.39 is 5.91 Å². The van der Waals surface area contributed by atoms with Crippen molar-refractivity contribution in [1.82, 2.24) is 4.90 Å². The summed E-state index contributed by atoms with van der Waals surface area (Å²) < 4.78 is 5.07. The predicted molar refractivity (Wildman–Crippen MR) is 104 cm³/mol. The third-order valence-electron chi connectivity index (χ3n) is 5.25. The monoisotopic (exact) mass is 393 g/mol. The second-order valence-electron chi connectivity index (χ2n) is 7.13. The van der Waals surface area contributed by atoms with Gasteiger partial charge in [-0.1, -0.05) is 0 Å². The van der Waals surface area contributed by atoms with Crippen molar-refractivity contribution in [2.75, 3.05) is 31.6 Å². The topological polar surface area (TPSA) is 102 Å². The maximum atomic E-state index is 12.5. The fraction of sp³-hybridized carbons (Fsp3) is 0.632. The smallest absolute Gasteiger partial charge is 0.309 e. The molecule has 7 nitrogen and oxygen atoms in total. The molecule has 3 N–H and O–H groups in total.